The molecule has 0 aliphatic carbocycles. The highest BCUT2D eigenvalue weighted by atomic mass is 19.4. The molecule has 0 radical (unpaired) electrons. The first-order chi connectivity index (χ1) is 11.7. The monoisotopic (exact) mass is 361 g/mol. The first-order valence-electron chi connectivity index (χ1n) is 7.81. The van der Waals surface area contributed by atoms with Crippen LogP contribution in [0.1, 0.15) is 24.0 Å². The largest absolute Gasteiger partial charge is 0.419 e. The Morgan fingerprint density at radius 2 is 2.04 bits per heavy atom. The molecular formula is C16H19F4N3O2. The van der Waals surface area contributed by atoms with E-state index in [4.69, 9.17) is 5.73 Å². The maximum atomic E-state index is 13.3. The number of nitrogens with two attached hydrogens (primary N) is 1. The Bertz CT molecular complexity index is 649. The molecule has 1 atom stereocenters. The Hall–Kier alpha value is -2.16. The summed E-state index contributed by atoms with van der Waals surface area (Å²) >= 11 is 0. The summed E-state index contributed by atoms with van der Waals surface area (Å²) in [5, 5.41) is 2.57. The van der Waals surface area contributed by atoms with Crippen molar-refractivity contribution in [3.63, 3.8) is 0 Å². The molecule has 1 heterocycles. The van der Waals surface area contributed by atoms with E-state index in [1.165, 1.54) is 6.07 Å². The highest BCUT2D eigenvalue weighted by molar-refractivity contribution is 5.79. The number of alkyl halides is 3. The molecular weight excluding hydrogens is 342 g/mol. The van der Waals surface area contributed by atoms with Crippen LogP contribution in [0.15, 0.2) is 18.2 Å². The molecule has 0 saturated carbocycles. The van der Waals surface area contributed by atoms with Crippen LogP contribution >= 0.6 is 0 Å². The van der Waals surface area contributed by atoms with Crippen LogP contribution in [0.25, 0.3) is 0 Å². The molecule has 2 rings (SSSR count). The van der Waals surface area contributed by atoms with Crippen LogP contribution in [0.3, 0.4) is 0 Å². The lowest BCUT2D eigenvalue weighted by Gasteiger charge is -2.31. The zero-order chi connectivity index (χ0) is 18.6. The Morgan fingerprint density at radius 3 is 2.68 bits per heavy atom. The van der Waals surface area contributed by atoms with Crippen molar-refractivity contribution in [3.8, 4) is 0 Å². The van der Waals surface area contributed by atoms with Gasteiger partial charge in [0.05, 0.1) is 18.0 Å². The van der Waals surface area contributed by atoms with Gasteiger partial charge in [-0.3, -0.25) is 14.5 Å². The molecule has 3 N–H and O–H groups in total. The van der Waals surface area contributed by atoms with Crippen molar-refractivity contribution in [3.05, 3.63) is 35.1 Å². The number of nitrogens with one attached hydrogen (secondary N) is 1. The minimum absolute atomic E-state index is 0.0662. The molecule has 1 aliphatic rings. The maximum Gasteiger partial charge on any atom is 0.419 e. The summed E-state index contributed by atoms with van der Waals surface area (Å²) in [4.78, 5) is 24.9. The van der Waals surface area contributed by atoms with Crippen LogP contribution in [-0.4, -0.2) is 36.3 Å². The van der Waals surface area contributed by atoms with Crippen LogP contribution < -0.4 is 11.1 Å². The van der Waals surface area contributed by atoms with Crippen molar-refractivity contribution in [2.75, 3.05) is 19.6 Å². The number of carbonyl (C=O) groups is 2. The Morgan fingerprint density at radius 1 is 1.32 bits per heavy atom. The topological polar surface area (TPSA) is 75.4 Å². The average molecular weight is 361 g/mol. The van der Waals surface area contributed by atoms with Gasteiger partial charge in [0, 0.05) is 13.1 Å². The van der Waals surface area contributed by atoms with Gasteiger partial charge in [0.25, 0.3) is 0 Å². The number of rotatable bonds is 5. The predicted molar refractivity (Wildman–Crippen MR) is 81.6 cm³/mol. The number of hydrogen-bond acceptors (Lipinski definition) is 3. The molecule has 1 aromatic carbocycles. The second kappa shape index (κ2) is 7.81. The average Bonchev–Trinajstić information content (AvgIpc) is 2.52. The molecule has 9 heteroatoms. The summed E-state index contributed by atoms with van der Waals surface area (Å²) in [6.45, 7) is 0.969. The van der Waals surface area contributed by atoms with Gasteiger partial charge < -0.3 is 11.1 Å². The molecule has 0 bridgehead atoms. The number of piperidine rings is 1. The van der Waals surface area contributed by atoms with Gasteiger partial charge in [-0.1, -0.05) is 6.07 Å². The number of primary amides is 1. The van der Waals surface area contributed by atoms with E-state index in [9.17, 15) is 27.2 Å². The minimum Gasteiger partial charge on any atom is -0.369 e. The number of hydrogen-bond donors (Lipinski definition) is 2. The summed E-state index contributed by atoms with van der Waals surface area (Å²) in [7, 11) is 0. The number of benzene rings is 1. The first kappa shape index (κ1) is 19.2. The van der Waals surface area contributed by atoms with Gasteiger partial charge in [0.2, 0.25) is 11.8 Å². The van der Waals surface area contributed by atoms with Crippen LogP contribution in [0.4, 0.5) is 17.6 Å². The molecule has 1 unspecified atom stereocenters. The summed E-state index contributed by atoms with van der Waals surface area (Å²) in [5.41, 5.74) is 3.94. The van der Waals surface area contributed by atoms with Crippen molar-refractivity contribution in [1.29, 1.82) is 0 Å². The summed E-state index contributed by atoms with van der Waals surface area (Å²) < 4.78 is 51.3. The lowest BCUT2D eigenvalue weighted by molar-refractivity contribution is -0.140. The number of carbonyl (C=O) groups excluding carboxylic acids is 2. The fourth-order valence-corrected chi connectivity index (χ4v) is 2.87. The van der Waals surface area contributed by atoms with E-state index < -0.39 is 23.5 Å². The highest BCUT2D eigenvalue weighted by Crippen LogP contribution is 2.31. The number of likely N-dealkylation sites (tertiary alicyclic amines) is 1. The van der Waals surface area contributed by atoms with E-state index in [-0.39, 0.29) is 30.5 Å². The summed E-state index contributed by atoms with van der Waals surface area (Å²) in [6.07, 6.45) is -3.44. The van der Waals surface area contributed by atoms with Crippen LogP contribution in [0.5, 0.6) is 0 Å². The SMILES string of the molecule is NC(=O)CN1CCCC(C(=O)NCc2ccc(F)c(C(F)(F)F)c2)C1. The smallest absolute Gasteiger partial charge is 0.369 e. The lowest BCUT2D eigenvalue weighted by Crippen LogP contribution is -2.45. The molecule has 1 saturated heterocycles. The van der Waals surface area contributed by atoms with Crippen molar-refractivity contribution in [2.24, 2.45) is 11.7 Å². The van der Waals surface area contributed by atoms with E-state index in [0.717, 1.165) is 12.5 Å². The molecule has 0 aromatic heterocycles. The van der Waals surface area contributed by atoms with E-state index in [1.54, 1.807) is 4.90 Å². The van der Waals surface area contributed by atoms with Crippen LogP contribution in [-0.2, 0) is 22.3 Å². The summed E-state index contributed by atoms with van der Waals surface area (Å²) in [5.74, 6) is -2.51. The Labute approximate surface area is 142 Å². The third kappa shape index (κ3) is 5.42. The minimum atomic E-state index is -4.79. The van der Waals surface area contributed by atoms with Gasteiger partial charge in [-0.25, -0.2) is 4.39 Å². The van der Waals surface area contributed by atoms with Gasteiger partial charge >= 0.3 is 6.18 Å². The highest BCUT2D eigenvalue weighted by Gasteiger charge is 2.34. The lowest BCUT2D eigenvalue weighted by atomic mass is 9.97. The van der Waals surface area contributed by atoms with E-state index in [2.05, 4.69) is 5.32 Å². The quantitative estimate of drug-likeness (QED) is 0.784. The molecule has 1 fully saturated rings. The standard InChI is InChI=1S/C16H19F4N3O2/c17-13-4-3-10(6-12(13)16(18,19)20)7-22-15(25)11-2-1-5-23(8-11)9-14(21)24/h3-4,6,11H,1-2,5,7-9H2,(H2,21,24)(H,22,25). The van der Waals surface area contributed by atoms with Gasteiger partial charge in [0.1, 0.15) is 5.82 Å². The van der Waals surface area contributed by atoms with Gasteiger partial charge in [-0.2, -0.15) is 13.2 Å². The number of amides is 2. The molecule has 1 aromatic rings. The van der Waals surface area contributed by atoms with Crippen molar-refractivity contribution in [2.45, 2.75) is 25.6 Å². The fourth-order valence-electron chi connectivity index (χ4n) is 2.87. The second-order valence-corrected chi connectivity index (χ2v) is 6.07. The van der Waals surface area contributed by atoms with Crippen molar-refractivity contribution < 1.29 is 27.2 Å². The van der Waals surface area contributed by atoms with E-state index in [0.29, 0.717) is 25.6 Å². The molecule has 25 heavy (non-hydrogen) atoms. The predicted octanol–water partition coefficient (Wildman–Crippen LogP) is 1.66. The van der Waals surface area contributed by atoms with Gasteiger partial charge in [0.15, 0.2) is 0 Å². The second-order valence-electron chi connectivity index (χ2n) is 6.07. The van der Waals surface area contributed by atoms with Crippen molar-refractivity contribution in [1.82, 2.24) is 10.2 Å². The Kier molecular flexibility index (Phi) is 5.99. The maximum absolute atomic E-state index is 13.3. The fraction of sp³-hybridized carbons (Fsp3) is 0.500. The van der Waals surface area contributed by atoms with Gasteiger partial charge in [-0.15, -0.1) is 0 Å². The molecule has 0 spiro atoms. The normalized spacial score (nSPS) is 18.8. The third-order valence-corrected chi connectivity index (χ3v) is 4.06. The zero-order valence-corrected chi connectivity index (χ0v) is 13.4. The molecule has 2 amide bonds. The Balaban J connectivity index is 1.95. The first-order valence-corrected chi connectivity index (χ1v) is 7.81. The molecule has 1 aliphatic heterocycles. The van der Waals surface area contributed by atoms with Gasteiger partial charge in [-0.05, 0) is 37.1 Å². The molecule has 5 nitrogen and oxygen atoms in total. The number of nitrogens with zero attached hydrogens (tertiary/aromatic N) is 1. The van der Waals surface area contributed by atoms with Crippen LogP contribution in [0.2, 0.25) is 0 Å². The zero-order valence-electron chi connectivity index (χ0n) is 13.4. The number of halogens is 4. The van der Waals surface area contributed by atoms with E-state index in [1.807, 2.05) is 0 Å². The third-order valence-electron chi connectivity index (χ3n) is 4.06. The molecule has 138 valence electrons. The van der Waals surface area contributed by atoms with E-state index >= 15 is 0 Å². The van der Waals surface area contributed by atoms with Crippen molar-refractivity contribution >= 4 is 11.8 Å². The van der Waals surface area contributed by atoms with Crippen LogP contribution in [0, 0.1) is 11.7 Å². The summed E-state index contributed by atoms with van der Waals surface area (Å²) in [6, 6.07) is 2.63.